The quantitative estimate of drug-likeness (QED) is 0.662. The predicted octanol–water partition coefficient (Wildman–Crippen LogP) is -0.00112. The van der Waals surface area contributed by atoms with Gasteiger partial charge in [-0.3, -0.25) is 9.59 Å². The number of sulfone groups is 1. The van der Waals surface area contributed by atoms with Crippen molar-refractivity contribution in [3.63, 3.8) is 0 Å². The maximum Gasteiger partial charge on any atom is 0.338 e. The number of carbonyl (C=O) groups is 3. The van der Waals surface area contributed by atoms with Crippen LogP contribution in [0.2, 0.25) is 0 Å². The van der Waals surface area contributed by atoms with E-state index in [2.05, 4.69) is 10.6 Å². The summed E-state index contributed by atoms with van der Waals surface area (Å²) in [5, 5.41) is 13.4. The minimum absolute atomic E-state index is 0.0367. The van der Waals surface area contributed by atoms with Gasteiger partial charge in [0.1, 0.15) is 6.42 Å². The lowest BCUT2D eigenvalue weighted by molar-refractivity contribution is -0.124. The van der Waals surface area contributed by atoms with Crippen molar-refractivity contribution in [1.29, 1.82) is 5.26 Å². The Kier molecular flexibility index (Phi) is 6.30. The molecule has 0 bridgehead atoms. The second-order valence-electron chi connectivity index (χ2n) is 5.70. The van der Waals surface area contributed by atoms with Crippen molar-refractivity contribution < 1.29 is 27.5 Å². The number of hydrogen-bond donors (Lipinski definition) is 2. The molecule has 1 aromatic rings. The van der Waals surface area contributed by atoms with E-state index in [-0.39, 0.29) is 23.5 Å². The molecule has 10 heteroatoms. The zero-order chi connectivity index (χ0) is 19.2. The van der Waals surface area contributed by atoms with E-state index >= 15 is 0 Å². The summed E-state index contributed by atoms with van der Waals surface area (Å²) in [6.45, 7) is -0.518. The molecular formula is C16H17N3O6S. The van der Waals surface area contributed by atoms with Crippen LogP contribution in [0.15, 0.2) is 24.3 Å². The van der Waals surface area contributed by atoms with Gasteiger partial charge in [0.05, 0.1) is 23.1 Å². The summed E-state index contributed by atoms with van der Waals surface area (Å²) in [5.41, 5.74) is 0.599. The lowest BCUT2D eigenvalue weighted by Gasteiger charge is -2.11. The van der Waals surface area contributed by atoms with Gasteiger partial charge in [0.25, 0.3) is 5.91 Å². The van der Waals surface area contributed by atoms with Gasteiger partial charge in [0.2, 0.25) is 5.91 Å². The van der Waals surface area contributed by atoms with Crippen molar-refractivity contribution >= 4 is 33.3 Å². The molecule has 0 saturated carbocycles. The molecule has 0 aliphatic carbocycles. The van der Waals surface area contributed by atoms with Crippen molar-refractivity contribution in [1.82, 2.24) is 5.32 Å². The van der Waals surface area contributed by atoms with E-state index in [1.807, 2.05) is 0 Å². The normalized spacial score (nSPS) is 17.7. The number of hydrogen-bond acceptors (Lipinski definition) is 7. The van der Waals surface area contributed by atoms with E-state index in [0.717, 1.165) is 0 Å². The van der Waals surface area contributed by atoms with Crippen LogP contribution in [0.4, 0.5) is 5.69 Å². The molecule has 2 N–H and O–H groups in total. The number of benzene rings is 1. The minimum atomic E-state index is -3.10. The van der Waals surface area contributed by atoms with Gasteiger partial charge in [-0.05, 0) is 30.7 Å². The van der Waals surface area contributed by atoms with Crippen LogP contribution < -0.4 is 10.6 Å². The van der Waals surface area contributed by atoms with Gasteiger partial charge in [-0.25, -0.2) is 13.2 Å². The highest BCUT2D eigenvalue weighted by atomic mass is 32.2. The van der Waals surface area contributed by atoms with Crippen molar-refractivity contribution in [3.05, 3.63) is 29.8 Å². The molecule has 1 heterocycles. The van der Waals surface area contributed by atoms with Crippen LogP contribution in [0.1, 0.15) is 23.2 Å². The molecule has 138 valence electrons. The summed E-state index contributed by atoms with van der Waals surface area (Å²) in [6, 6.07) is 7.01. The predicted molar refractivity (Wildman–Crippen MR) is 90.8 cm³/mol. The van der Waals surface area contributed by atoms with Crippen LogP contribution in [-0.4, -0.2) is 50.4 Å². The van der Waals surface area contributed by atoms with Gasteiger partial charge < -0.3 is 15.4 Å². The largest absolute Gasteiger partial charge is 0.452 e. The zero-order valence-electron chi connectivity index (χ0n) is 13.7. The lowest BCUT2D eigenvalue weighted by Crippen LogP contribution is -2.38. The highest BCUT2D eigenvalue weighted by Crippen LogP contribution is 2.12. The topological polar surface area (TPSA) is 142 Å². The average molecular weight is 379 g/mol. The Balaban J connectivity index is 1.79. The Hall–Kier alpha value is -2.93. The van der Waals surface area contributed by atoms with Crippen LogP contribution in [0, 0.1) is 11.3 Å². The highest BCUT2D eigenvalue weighted by Gasteiger charge is 2.29. The molecule has 1 atom stereocenters. The number of anilines is 1. The first kappa shape index (κ1) is 19.4. The zero-order valence-corrected chi connectivity index (χ0v) is 14.5. The SMILES string of the molecule is N#CCC(=O)Nc1ccc(C(=O)OCC(=O)NC2CCS(=O)(=O)C2)cc1. The fraction of sp³-hybridized carbons (Fsp3) is 0.375. The van der Waals surface area contributed by atoms with Crippen molar-refractivity contribution in [2.75, 3.05) is 23.4 Å². The van der Waals surface area contributed by atoms with Crippen molar-refractivity contribution in [3.8, 4) is 6.07 Å². The van der Waals surface area contributed by atoms with Crippen LogP contribution in [0.25, 0.3) is 0 Å². The number of nitrogens with zero attached hydrogens (tertiary/aromatic N) is 1. The molecule has 1 saturated heterocycles. The maximum absolute atomic E-state index is 11.9. The Bertz CT molecular complexity index is 842. The second-order valence-corrected chi connectivity index (χ2v) is 7.93. The van der Waals surface area contributed by atoms with Crippen molar-refractivity contribution in [2.45, 2.75) is 18.9 Å². The molecule has 26 heavy (non-hydrogen) atoms. The van der Waals surface area contributed by atoms with Gasteiger partial charge in [0, 0.05) is 11.7 Å². The molecule has 9 nitrogen and oxygen atoms in total. The smallest absolute Gasteiger partial charge is 0.338 e. The Morgan fingerprint density at radius 1 is 1.19 bits per heavy atom. The van der Waals surface area contributed by atoms with Gasteiger partial charge >= 0.3 is 5.97 Å². The standard InChI is InChI=1S/C16H17N3O6S/c17-7-5-14(20)18-12-3-1-11(2-4-12)16(22)25-9-15(21)19-13-6-8-26(23,24)10-13/h1-4,13H,5-6,8-10H2,(H,18,20)(H,19,21). The molecule has 1 aliphatic rings. The molecule has 1 aromatic carbocycles. The third-order valence-electron chi connectivity index (χ3n) is 3.58. The number of esters is 1. The van der Waals surface area contributed by atoms with Gasteiger partial charge in [0.15, 0.2) is 16.4 Å². The molecule has 0 spiro atoms. The summed E-state index contributed by atoms with van der Waals surface area (Å²) >= 11 is 0. The number of carbonyl (C=O) groups excluding carboxylic acids is 3. The van der Waals surface area contributed by atoms with Gasteiger partial charge in [-0.2, -0.15) is 5.26 Å². The summed E-state index contributed by atoms with van der Waals surface area (Å²) in [5.74, 6) is -1.83. The summed E-state index contributed by atoms with van der Waals surface area (Å²) in [4.78, 5) is 34.9. The van der Waals surface area contributed by atoms with Gasteiger partial charge in [-0.15, -0.1) is 0 Å². The number of nitrogens with one attached hydrogen (secondary N) is 2. The lowest BCUT2D eigenvalue weighted by atomic mass is 10.2. The first-order valence-corrected chi connectivity index (χ1v) is 9.55. The minimum Gasteiger partial charge on any atom is -0.452 e. The molecule has 1 aliphatic heterocycles. The number of amides is 2. The molecule has 0 aromatic heterocycles. The van der Waals surface area contributed by atoms with E-state index in [0.29, 0.717) is 12.1 Å². The second kappa shape index (κ2) is 8.44. The fourth-order valence-electron chi connectivity index (χ4n) is 2.36. The van der Waals surface area contributed by atoms with Crippen LogP contribution in [0.3, 0.4) is 0 Å². The van der Waals surface area contributed by atoms with E-state index in [1.165, 1.54) is 24.3 Å². The molecular weight excluding hydrogens is 362 g/mol. The van der Waals surface area contributed by atoms with E-state index < -0.39 is 40.3 Å². The Morgan fingerprint density at radius 2 is 1.88 bits per heavy atom. The molecule has 1 unspecified atom stereocenters. The number of ether oxygens (including phenoxy) is 1. The van der Waals surface area contributed by atoms with Gasteiger partial charge in [-0.1, -0.05) is 0 Å². The third-order valence-corrected chi connectivity index (χ3v) is 5.34. The molecule has 1 fully saturated rings. The monoisotopic (exact) mass is 379 g/mol. The molecule has 0 radical (unpaired) electrons. The fourth-order valence-corrected chi connectivity index (χ4v) is 4.03. The first-order chi connectivity index (χ1) is 12.3. The van der Waals surface area contributed by atoms with E-state index in [4.69, 9.17) is 10.00 Å². The Morgan fingerprint density at radius 3 is 2.46 bits per heavy atom. The molecule has 2 amide bonds. The van der Waals surface area contributed by atoms with Crippen molar-refractivity contribution in [2.24, 2.45) is 0 Å². The number of rotatable bonds is 6. The summed E-state index contributed by atoms with van der Waals surface area (Å²) < 4.78 is 27.5. The number of nitriles is 1. The van der Waals surface area contributed by atoms with Crippen LogP contribution >= 0.6 is 0 Å². The summed E-state index contributed by atoms with van der Waals surface area (Å²) in [7, 11) is -3.10. The maximum atomic E-state index is 11.9. The average Bonchev–Trinajstić information content (AvgIpc) is 2.92. The van der Waals surface area contributed by atoms with Crippen LogP contribution in [-0.2, 0) is 24.2 Å². The summed E-state index contributed by atoms with van der Waals surface area (Å²) in [6.07, 6.45) is 0.0716. The Labute approximate surface area is 150 Å². The first-order valence-electron chi connectivity index (χ1n) is 7.73. The van der Waals surface area contributed by atoms with E-state index in [1.54, 1.807) is 6.07 Å². The van der Waals surface area contributed by atoms with E-state index in [9.17, 15) is 22.8 Å². The van der Waals surface area contributed by atoms with Crippen LogP contribution in [0.5, 0.6) is 0 Å². The molecule has 2 rings (SSSR count). The highest BCUT2D eigenvalue weighted by molar-refractivity contribution is 7.91. The third kappa shape index (κ3) is 5.86.